The maximum absolute atomic E-state index is 5.93. The summed E-state index contributed by atoms with van der Waals surface area (Å²) in [6.07, 6.45) is 4.42. The molecule has 0 aromatic carbocycles. The monoisotopic (exact) mass is 212 g/mol. The second kappa shape index (κ2) is 4.81. The summed E-state index contributed by atoms with van der Waals surface area (Å²) in [5.41, 5.74) is 5.93. The Morgan fingerprint density at radius 1 is 1.40 bits per heavy atom. The lowest BCUT2D eigenvalue weighted by Crippen LogP contribution is -2.51. The summed E-state index contributed by atoms with van der Waals surface area (Å²) in [6, 6.07) is 0.979. The van der Waals surface area contributed by atoms with Crippen LogP contribution in [0, 0.1) is 5.92 Å². The zero-order valence-electron chi connectivity index (χ0n) is 9.98. The van der Waals surface area contributed by atoms with Crippen LogP contribution in [0.25, 0.3) is 0 Å². The molecule has 4 unspecified atom stereocenters. The fraction of sp³-hybridized carbons (Fsp3) is 1.00. The minimum absolute atomic E-state index is 0.299. The summed E-state index contributed by atoms with van der Waals surface area (Å²) in [5, 5.41) is 0. The van der Waals surface area contributed by atoms with Gasteiger partial charge in [-0.1, -0.05) is 6.92 Å². The molecule has 4 atom stereocenters. The molecule has 2 fully saturated rings. The van der Waals surface area contributed by atoms with Crippen LogP contribution in [0.3, 0.4) is 0 Å². The van der Waals surface area contributed by atoms with Gasteiger partial charge in [-0.2, -0.15) is 0 Å². The van der Waals surface area contributed by atoms with Crippen molar-refractivity contribution in [3.8, 4) is 0 Å². The number of hydrogen-bond acceptors (Lipinski definition) is 3. The van der Waals surface area contributed by atoms with E-state index < -0.39 is 0 Å². The second-order valence-corrected chi connectivity index (χ2v) is 5.24. The van der Waals surface area contributed by atoms with Gasteiger partial charge in [0.05, 0.1) is 12.7 Å². The highest BCUT2D eigenvalue weighted by molar-refractivity contribution is 4.90. The predicted octanol–water partition coefficient (Wildman–Crippen LogP) is 1.22. The van der Waals surface area contributed by atoms with E-state index >= 15 is 0 Å². The molecular formula is C12H24N2O. The molecule has 0 spiro atoms. The molecular weight excluding hydrogens is 188 g/mol. The van der Waals surface area contributed by atoms with Gasteiger partial charge < -0.3 is 10.5 Å². The van der Waals surface area contributed by atoms with E-state index in [4.69, 9.17) is 10.5 Å². The Morgan fingerprint density at radius 3 is 2.93 bits per heavy atom. The van der Waals surface area contributed by atoms with E-state index in [1.165, 1.54) is 19.3 Å². The van der Waals surface area contributed by atoms with Crippen LogP contribution in [0.5, 0.6) is 0 Å². The SMILES string of the molecule is CC(N)C(C)CN1CCOC2CCCC21. The number of nitrogens with two attached hydrogens (primary N) is 1. The Hall–Kier alpha value is -0.120. The van der Waals surface area contributed by atoms with E-state index in [2.05, 4.69) is 18.7 Å². The third-order valence-electron chi connectivity index (χ3n) is 4.02. The van der Waals surface area contributed by atoms with Gasteiger partial charge in [-0.15, -0.1) is 0 Å². The lowest BCUT2D eigenvalue weighted by Gasteiger charge is -2.39. The number of morpholine rings is 1. The van der Waals surface area contributed by atoms with Gasteiger partial charge in [-0.3, -0.25) is 4.90 Å². The van der Waals surface area contributed by atoms with Crippen LogP contribution in [0.1, 0.15) is 33.1 Å². The lowest BCUT2D eigenvalue weighted by molar-refractivity contribution is -0.0602. The molecule has 0 amide bonds. The summed E-state index contributed by atoms with van der Waals surface area (Å²) < 4.78 is 5.80. The predicted molar refractivity (Wildman–Crippen MR) is 61.8 cm³/mol. The quantitative estimate of drug-likeness (QED) is 0.764. The molecule has 2 N–H and O–H groups in total. The number of ether oxygens (including phenoxy) is 1. The number of hydrogen-bond donors (Lipinski definition) is 1. The molecule has 1 heterocycles. The fourth-order valence-corrected chi connectivity index (χ4v) is 2.77. The Bertz CT molecular complexity index is 208. The molecule has 1 aliphatic heterocycles. The van der Waals surface area contributed by atoms with Crippen LogP contribution in [-0.2, 0) is 4.74 Å². The van der Waals surface area contributed by atoms with Gasteiger partial charge in [0, 0.05) is 25.2 Å². The average Bonchev–Trinajstić information content (AvgIpc) is 2.66. The van der Waals surface area contributed by atoms with Crippen molar-refractivity contribution >= 4 is 0 Å². The van der Waals surface area contributed by atoms with Crippen LogP contribution in [0.4, 0.5) is 0 Å². The molecule has 0 radical (unpaired) electrons. The Balaban J connectivity index is 1.90. The molecule has 2 aliphatic rings. The van der Waals surface area contributed by atoms with Crippen LogP contribution < -0.4 is 5.73 Å². The molecule has 2 rings (SSSR count). The fourth-order valence-electron chi connectivity index (χ4n) is 2.77. The van der Waals surface area contributed by atoms with E-state index in [0.717, 1.165) is 19.7 Å². The minimum Gasteiger partial charge on any atom is -0.375 e. The van der Waals surface area contributed by atoms with Gasteiger partial charge in [-0.05, 0) is 32.1 Å². The number of nitrogens with zero attached hydrogens (tertiary/aromatic N) is 1. The summed E-state index contributed by atoms with van der Waals surface area (Å²) in [4.78, 5) is 2.61. The Morgan fingerprint density at radius 2 is 2.20 bits per heavy atom. The van der Waals surface area contributed by atoms with Crippen molar-refractivity contribution in [2.24, 2.45) is 11.7 Å². The number of fused-ring (bicyclic) bond motifs is 1. The lowest BCUT2D eigenvalue weighted by atomic mass is 10.0. The van der Waals surface area contributed by atoms with E-state index in [1.54, 1.807) is 0 Å². The van der Waals surface area contributed by atoms with Crippen molar-refractivity contribution in [3.63, 3.8) is 0 Å². The molecule has 0 aromatic heterocycles. The highest BCUT2D eigenvalue weighted by atomic mass is 16.5. The highest BCUT2D eigenvalue weighted by Gasteiger charge is 2.36. The normalized spacial score (nSPS) is 36.2. The zero-order chi connectivity index (χ0) is 10.8. The van der Waals surface area contributed by atoms with Crippen molar-refractivity contribution in [1.82, 2.24) is 4.90 Å². The van der Waals surface area contributed by atoms with E-state index in [9.17, 15) is 0 Å². The van der Waals surface area contributed by atoms with Crippen LogP contribution in [0.2, 0.25) is 0 Å². The molecule has 88 valence electrons. The molecule has 0 bridgehead atoms. The van der Waals surface area contributed by atoms with Crippen LogP contribution >= 0.6 is 0 Å². The molecule has 3 nitrogen and oxygen atoms in total. The van der Waals surface area contributed by atoms with Crippen LogP contribution in [0.15, 0.2) is 0 Å². The maximum Gasteiger partial charge on any atom is 0.0730 e. The molecule has 0 aromatic rings. The van der Waals surface area contributed by atoms with Gasteiger partial charge in [0.25, 0.3) is 0 Å². The zero-order valence-corrected chi connectivity index (χ0v) is 9.98. The molecule has 3 heteroatoms. The molecule has 15 heavy (non-hydrogen) atoms. The van der Waals surface area contributed by atoms with Gasteiger partial charge in [0.2, 0.25) is 0 Å². The summed E-state index contributed by atoms with van der Waals surface area (Å²) >= 11 is 0. The van der Waals surface area contributed by atoms with Crippen molar-refractivity contribution in [1.29, 1.82) is 0 Å². The first-order valence-corrected chi connectivity index (χ1v) is 6.29. The summed E-state index contributed by atoms with van der Waals surface area (Å²) in [6.45, 7) is 7.51. The van der Waals surface area contributed by atoms with E-state index in [-0.39, 0.29) is 0 Å². The molecule has 1 aliphatic carbocycles. The van der Waals surface area contributed by atoms with Gasteiger partial charge >= 0.3 is 0 Å². The Kier molecular flexibility index (Phi) is 3.65. The van der Waals surface area contributed by atoms with Gasteiger partial charge in [0.15, 0.2) is 0 Å². The molecule has 1 saturated carbocycles. The first-order chi connectivity index (χ1) is 7.18. The summed E-state index contributed by atoms with van der Waals surface area (Å²) in [5.74, 6) is 0.587. The van der Waals surface area contributed by atoms with Crippen molar-refractivity contribution in [3.05, 3.63) is 0 Å². The molecule has 1 saturated heterocycles. The third kappa shape index (κ3) is 2.52. The van der Waals surface area contributed by atoms with Gasteiger partial charge in [0.1, 0.15) is 0 Å². The van der Waals surface area contributed by atoms with Crippen molar-refractivity contribution in [2.45, 2.75) is 51.3 Å². The maximum atomic E-state index is 5.93. The summed E-state index contributed by atoms with van der Waals surface area (Å²) in [7, 11) is 0. The second-order valence-electron chi connectivity index (χ2n) is 5.24. The van der Waals surface area contributed by atoms with E-state index in [1.807, 2.05) is 0 Å². The minimum atomic E-state index is 0.299. The smallest absolute Gasteiger partial charge is 0.0730 e. The average molecular weight is 212 g/mol. The third-order valence-corrected chi connectivity index (χ3v) is 4.02. The van der Waals surface area contributed by atoms with Crippen molar-refractivity contribution in [2.75, 3.05) is 19.7 Å². The Labute approximate surface area is 93.0 Å². The van der Waals surface area contributed by atoms with Gasteiger partial charge in [-0.25, -0.2) is 0 Å². The number of rotatable bonds is 3. The first-order valence-electron chi connectivity index (χ1n) is 6.29. The topological polar surface area (TPSA) is 38.5 Å². The highest BCUT2D eigenvalue weighted by Crippen LogP contribution is 2.30. The van der Waals surface area contributed by atoms with Crippen LogP contribution in [-0.4, -0.2) is 42.8 Å². The van der Waals surface area contributed by atoms with Crippen molar-refractivity contribution < 1.29 is 4.74 Å². The standard InChI is InChI=1S/C12H24N2O/c1-9(10(2)13)8-14-6-7-15-12-5-3-4-11(12)14/h9-12H,3-8,13H2,1-2H3. The largest absolute Gasteiger partial charge is 0.375 e. The van der Waals surface area contributed by atoms with E-state index in [0.29, 0.717) is 24.1 Å². The first kappa shape index (κ1) is 11.4.